The predicted molar refractivity (Wildman–Crippen MR) is 66.8 cm³/mol. The smallest absolute Gasteiger partial charge is 0.160 e. The van der Waals surface area contributed by atoms with Gasteiger partial charge in [0.2, 0.25) is 0 Å². The highest BCUT2D eigenvalue weighted by molar-refractivity contribution is 5.95. The molecular formula is C12H16N4O. The number of nitrogens with two attached hydrogens (primary N) is 1. The first-order valence-electron chi connectivity index (χ1n) is 6.01. The van der Waals surface area contributed by atoms with E-state index < -0.39 is 0 Å². The summed E-state index contributed by atoms with van der Waals surface area (Å²) in [7, 11) is 0. The second-order valence-corrected chi connectivity index (χ2v) is 4.80. The Morgan fingerprint density at radius 3 is 2.71 bits per heavy atom. The molecular weight excluding hydrogens is 216 g/mol. The SMILES string of the molecule is CC1CCN(c2ccc(N)c3nonc23)CC1. The van der Waals surface area contributed by atoms with E-state index in [9.17, 15) is 0 Å². The van der Waals surface area contributed by atoms with Gasteiger partial charge in [-0.25, -0.2) is 4.63 Å². The zero-order chi connectivity index (χ0) is 11.8. The molecule has 3 rings (SSSR count). The maximum absolute atomic E-state index is 5.84. The highest BCUT2D eigenvalue weighted by Gasteiger charge is 2.20. The van der Waals surface area contributed by atoms with Crippen LogP contribution in [0.1, 0.15) is 19.8 Å². The van der Waals surface area contributed by atoms with Crippen molar-refractivity contribution in [1.29, 1.82) is 0 Å². The molecule has 0 saturated carbocycles. The predicted octanol–water partition coefficient (Wildman–Crippen LogP) is 2.04. The Morgan fingerprint density at radius 1 is 1.24 bits per heavy atom. The molecule has 1 aliphatic rings. The highest BCUT2D eigenvalue weighted by Crippen LogP contribution is 2.30. The lowest BCUT2D eigenvalue weighted by molar-refractivity contribution is 0.315. The molecule has 0 radical (unpaired) electrons. The molecule has 5 heteroatoms. The number of piperidine rings is 1. The van der Waals surface area contributed by atoms with Gasteiger partial charge in [0, 0.05) is 13.1 Å². The van der Waals surface area contributed by atoms with Crippen LogP contribution >= 0.6 is 0 Å². The molecule has 0 spiro atoms. The maximum Gasteiger partial charge on any atom is 0.160 e. The molecule has 1 aromatic carbocycles. The number of aromatic nitrogens is 2. The fourth-order valence-corrected chi connectivity index (χ4v) is 2.38. The summed E-state index contributed by atoms with van der Waals surface area (Å²) >= 11 is 0. The van der Waals surface area contributed by atoms with Gasteiger partial charge in [-0.3, -0.25) is 0 Å². The first kappa shape index (κ1) is 10.4. The Balaban J connectivity index is 2.00. The lowest BCUT2D eigenvalue weighted by Gasteiger charge is -2.32. The van der Waals surface area contributed by atoms with Crippen LogP contribution in [-0.2, 0) is 0 Å². The van der Waals surface area contributed by atoms with Crippen molar-refractivity contribution >= 4 is 22.4 Å². The third-order valence-corrected chi connectivity index (χ3v) is 3.55. The van der Waals surface area contributed by atoms with Crippen LogP contribution in [-0.4, -0.2) is 23.4 Å². The highest BCUT2D eigenvalue weighted by atomic mass is 16.6. The van der Waals surface area contributed by atoms with Crippen molar-refractivity contribution in [1.82, 2.24) is 10.3 Å². The van der Waals surface area contributed by atoms with Crippen LogP contribution in [0.15, 0.2) is 16.8 Å². The number of rotatable bonds is 1. The molecule has 0 atom stereocenters. The third kappa shape index (κ3) is 1.71. The minimum atomic E-state index is 0.621. The largest absolute Gasteiger partial charge is 0.397 e. The average Bonchev–Trinajstić information content (AvgIpc) is 2.81. The molecule has 2 N–H and O–H groups in total. The molecule has 0 unspecified atom stereocenters. The number of hydrogen-bond donors (Lipinski definition) is 1. The normalized spacial score (nSPS) is 17.8. The van der Waals surface area contributed by atoms with Crippen LogP contribution in [0.2, 0.25) is 0 Å². The summed E-state index contributed by atoms with van der Waals surface area (Å²) < 4.78 is 4.79. The maximum atomic E-state index is 5.84. The van der Waals surface area contributed by atoms with Gasteiger partial charge < -0.3 is 10.6 Å². The molecule has 1 aromatic heterocycles. The van der Waals surface area contributed by atoms with Crippen molar-refractivity contribution in [3.05, 3.63) is 12.1 Å². The molecule has 2 heterocycles. The van der Waals surface area contributed by atoms with Gasteiger partial charge in [0.25, 0.3) is 0 Å². The zero-order valence-electron chi connectivity index (χ0n) is 9.89. The van der Waals surface area contributed by atoms with Crippen molar-refractivity contribution in [2.45, 2.75) is 19.8 Å². The van der Waals surface area contributed by atoms with E-state index in [-0.39, 0.29) is 0 Å². The van der Waals surface area contributed by atoms with Gasteiger partial charge in [0.15, 0.2) is 11.0 Å². The fraction of sp³-hybridized carbons (Fsp3) is 0.500. The van der Waals surface area contributed by atoms with E-state index in [2.05, 4.69) is 22.1 Å². The monoisotopic (exact) mass is 232 g/mol. The van der Waals surface area contributed by atoms with Crippen LogP contribution in [0.4, 0.5) is 11.4 Å². The molecule has 1 saturated heterocycles. The number of nitrogen functional groups attached to an aromatic ring is 1. The Bertz CT molecular complexity index is 528. The van der Waals surface area contributed by atoms with E-state index >= 15 is 0 Å². The fourth-order valence-electron chi connectivity index (χ4n) is 2.38. The molecule has 1 fully saturated rings. The quantitative estimate of drug-likeness (QED) is 0.762. The van der Waals surface area contributed by atoms with Crippen LogP contribution in [0, 0.1) is 5.92 Å². The first-order valence-corrected chi connectivity index (χ1v) is 6.01. The minimum Gasteiger partial charge on any atom is -0.397 e. The van der Waals surface area contributed by atoms with Crippen molar-refractivity contribution in [2.75, 3.05) is 23.7 Å². The van der Waals surface area contributed by atoms with Crippen molar-refractivity contribution in [3.63, 3.8) is 0 Å². The summed E-state index contributed by atoms with van der Waals surface area (Å²) in [4.78, 5) is 2.34. The van der Waals surface area contributed by atoms with E-state index in [0.717, 1.165) is 30.2 Å². The number of anilines is 2. The summed E-state index contributed by atoms with van der Waals surface area (Å²) in [5.74, 6) is 0.811. The summed E-state index contributed by atoms with van der Waals surface area (Å²) in [6.07, 6.45) is 2.44. The molecule has 0 bridgehead atoms. The molecule has 0 aliphatic carbocycles. The van der Waals surface area contributed by atoms with Gasteiger partial charge in [0.05, 0.1) is 11.4 Å². The Kier molecular flexibility index (Phi) is 2.39. The summed E-state index contributed by atoms with van der Waals surface area (Å²) in [5.41, 5.74) is 8.99. The minimum absolute atomic E-state index is 0.621. The number of nitrogens with zero attached hydrogens (tertiary/aromatic N) is 3. The second kappa shape index (κ2) is 3.91. The van der Waals surface area contributed by atoms with Crippen LogP contribution < -0.4 is 10.6 Å². The molecule has 2 aromatic rings. The first-order chi connectivity index (χ1) is 8.25. The average molecular weight is 232 g/mol. The van der Waals surface area contributed by atoms with E-state index in [1.165, 1.54) is 12.8 Å². The molecule has 0 amide bonds. The Morgan fingerprint density at radius 2 is 1.94 bits per heavy atom. The summed E-state index contributed by atoms with van der Waals surface area (Å²) in [6, 6.07) is 3.89. The third-order valence-electron chi connectivity index (χ3n) is 3.55. The molecule has 5 nitrogen and oxygen atoms in total. The van der Waals surface area contributed by atoms with Gasteiger partial charge in [-0.1, -0.05) is 6.92 Å². The van der Waals surface area contributed by atoms with E-state index in [1.807, 2.05) is 12.1 Å². The lowest BCUT2D eigenvalue weighted by atomic mass is 9.98. The second-order valence-electron chi connectivity index (χ2n) is 4.80. The van der Waals surface area contributed by atoms with Crippen molar-refractivity contribution < 1.29 is 4.63 Å². The van der Waals surface area contributed by atoms with Crippen molar-refractivity contribution in [3.8, 4) is 0 Å². The Labute approximate surface area is 99.5 Å². The topological polar surface area (TPSA) is 68.2 Å². The van der Waals surface area contributed by atoms with E-state index in [4.69, 9.17) is 10.4 Å². The van der Waals surface area contributed by atoms with Gasteiger partial charge in [0.1, 0.15) is 0 Å². The number of hydrogen-bond acceptors (Lipinski definition) is 5. The van der Waals surface area contributed by atoms with Crippen LogP contribution in [0.5, 0.6) is 0 Å². The standard InChI is InChI=1S/C12H16N4O/c1-8-4-6-16(7-5-8)10-3-2-9(13)11-12(10)15-17-14-11/h2-3,8H,4-7,13H2,1H3. The number of benzene rings is 1. The Hall–Kier alpha value is -1.78. The molecule has 17 heavy (non-hydrogen) atoms. The van der Waals surface area contributed by atoms with Gasteiger partial charge in [-0.2, -0.15) is 0 Å². The molecule has 1 aliphatic heterocycles. The van der Waals surface area contributed by atoms with Gasteiger partial charge >= 0.3 is 0 Å². The number of fused-ring (bicyclic) bond motifs is 1. The van der Waals surface area contributed by atoms with Crippen LogP contribution in [0.3, 0.4) is 0 Å². The van der Waals surface area contributed by atoms with Gasteiger partial charge in [-0.15, -0.1) is 0 Å². The van der Waals surface area contributed by atoms with Crippen molar-refractivity contribution in [2.24, 2.45) is 5.92 Å². The van der Waals surface area contributed by atoms with E-state index in [1.54, 1.807) is 0 Å². The molecule has 90 valence electrons. The van der Waals surface area contributed by atoms with E-state index in [0.29, 0.717) is 11.2 Å². The lowest BCUT2D eigenvalue weighted by Crippen LogP contribution is -2.32. The van der Waals surface area contributed by atoms with Gasteiger partial charge in [-0.05, 0) is 41.2 Å². The summed E-state index contributed by atoms with van der Waals surface area (Å²) in [5, 5.41) is 7.82. The summed E-state index contributed by atoms with van der Waals surface area (Å²) in [6.45, 7) is 4.42. The zero-order valence-corrected chi connectivity index (χ0v) is 9.89. The van der Waals surface area contributed by atoms with Crippen LogP contribution in [0.25, 0.3) is 11.0 Å².